The molecule has 0 spiro atoms. The standard InChI is InChI=1S/C6H12N2O2Se2/c1-7(2)5(9)11-12-6(10)8(3)4/h1-4H3. The van der Waals surface area contributed by atoms with Crippen molar-refractivity contribution in [2.24, 2.45) is 0 Å². The Morgan fingerprint density at radius 3 is 1.25 bits per heavy atom. The molecule has 0 unspecified atom stereocenters. The monoisotopic (exact) mass is 304 g/mol. The van der Waals surface area contributed by atoms with E-state index in [0.717, 1.165) is 0 Å². The zero-order valence-electron chi connectivity index (χ0n) is 7.53. The van der Waals surface area contributed by atoms with Crippen LogP contribution in [-0.4, -0.2) is 73.9 Å². The fourth-order valence-electron chi connectivity index (χ4n) is 0.220. The van der Waals surface area contributed by atoms with Crippen molar-refractivity contribution >= 4 is 35.9 Å². The number of nitrogens with zero attached hydrogens (tertiary/aromatic N) is 2. The third-order valence-electron chi connectivity index (χ3n) is 0.915. The van der Waals surface area contributed by atoms with E-state index >= 15 is 0 Å². The fraction of sp³-hybridized carbons (Fsp3) is 0.667. The minimum absolute atomic E-state index is 0.0812. The molecule has 4 nitrogen and oxygen atoms in total. The van der Waals surface area contributed by atoms with E-state index in [1.54, 1.807) is 28.2 Å². The van der Waals surface area contributed by atoms with E-state index in [1.165, 1.54) is 9.80 Å². The quantitative estimate of drug-likeness (QED) is 0.670. The van der Waals surface area contributed by atoms with Crippen LogP contribution in [0.5, 0.6) is 0 Å². The van der Waals surface area contributed by atoms with Gasteiger partial charge in [-0.2, -0.15) is 0 Å². The molecule has 0 aliphatic heterocycles. The summed E-state index contributed by atoms with van der Waals surface area (Å²) in [6.45, 7) is 0. The van der Waals surface area contributed by atoms with Gasteiger partial charge in [0, 0.05) is 0 Å². The molecule has 0 aromatic heterocycles. The van der Waals surface area contributed by atoms with Crippen LogP contribution >= 0.6 is 0 Å². The molecule has 0 fully saturated rings. The van der Waals surface area contributed by atoms with Gasteiger partial charge >= 0.3 is 83.5 Å². The van der Waals surface area contributed by atoms with E-state index in [-0.39, 0.29) is 35.9 Å². The molecule has 0 rings (SSSR count). The van der Waals surface area contributed by atoms with Crippen molar-refractivity contribution in [3.8, 4) is 0 Å². The van der Waals surface area contributed by atoms with Crippen molar-refractivity contribution in [2.75, 3.05) is 28.2 Å². The zero-order chi connectivity index (χ0) is 9.72. The second-order valence-electron chi connectivity index (χ2n) is 2.49. The van der Waals surface area contributed by atoms with Crippen molar-refractivity contribution < 1.29 is 9.59 Å². The maximum absolute atomic E-state index is 11.1. The van der Waals surface area contributed by atoms with Gasteiger partial charge in [-0.3, -0.25) is 0 Å². The van der Waals surface area contributed by atoms with Crippen LogP contribution in [0.15, 0.2) is 0 Å². The van der Waals surface area contributed by atoms with E-state index in [0.29, 0.717) is 0 Å². The Kier molecular flexibility index (Phi) is 5.58. The van der Waals surface area contributed by atoms with Crippen molar-refractivity contribution in [3.05, 3.63) is 0 Å². The van der Waals surface area contributed by atoms with Gasteiger partial charge in [0.25, 0.3) is 0 Å². The van der Waals surface area contributed by atoms with E-state index in [4.69, 9.17) is 0 Å². The second-order valence-corrected chi connectivity index (χ2v) is 8.29. The molecule has 0 N–H and O–H groups in total. The zero-order valence-corrected chi connectivity index (χ0v) is 11.0. The van der Waals surface area contributed by atoms with E-state index in [1.807, 2.05) is 0 Å². The number of hydrogen-bond donors (Lipinski definition) is 0. The Morgan fingerprint density at radius 1 is 0.833 bits per heavy atom. The number of hydrogen-bond acceptors (Lipinski definition) is 2. The van der Waals surface area contributed by atoms with Gasteiger partial charge in [-0.25, -0.2) is 0 Å². The maximum atomic E-state index is 11.1. The molecule has 0 saturated carbocycles. The summed E-state index contributed by atoms with van der Waals surface area (Å²) in [4.78, 5) is 25.4. The van der Waals surface area contributed by atoms with E-state index in [9.17, 15) is 9.59 Å². The summed E-state index contributed by atoms with van der Waals surface area (Å²) in [5.74, 6) is 0. The van der Waals surface area contributed by atoms with Gasteiger partial charge < -0.3 is 0 Å². The minimum atomic E-state index is -0.183. The summed E-state index contributed by atoms with van der Waals surface area (Å²) in [6.07, 6.45) is 0. The molecule has 0 aliphatic carbocycles. The number of carbonyl (C=O) groups is 2. The average Bonchev–Trinajstić information content (AvgIpc) is 1.98. The number of rotatable bonds is 3. The van der Waals surface area contributed by atoms with Crippen LogP contribution in [0.2, 0.25) is 0 Å². The van der Waals surface area contributed by atoms with Gasteiger partial charge in [-0.1, -0.05) is 0 Å². The normalized spacial score (nSPS) is 9.33. The molecular formula is C6H12N2O2Se2. The van der Waals surface area contributed by atoms with Crippen LogP contribution in [-0.2, 0) is 0 Å². The van der Waals surface area contributed by atoms with Crippen LogP contribution in [0.4, 0.5) is 9.59 Å². The molecule has 0 heterocycles. The molecule has 0 bridgehead atoms. The van der Waals surface area contributed by atoms with Crippen LogP contribution in [0.1, 0.15) is 0 Å². The van der Waals surface area contributed by atoms with Crippen molar-refractivity contribution in [3.63, 3.8) is 0 Å². The van der Waals surface area contributed by atoms with E-state index < -0.39 is 0 Å². The third kappa shape index (κ3) is 4.78. The fourth-order valence-corrected chi connectivity index (χ4v) is 5.95. The first-order valence-electron chi connectivity index (χ1n) is 3.22. The molecule has 0 aromatic rings. The van der Waals surface area contributed by atoms with Crippen LogP contribution in [0, 0.1) is 0 Å². The summed E-state index contributed by atoms with van der Waals surface area (Å²) < 4.78 is 0. The Morgan fingerprint density at radius 2 is 1.08 bits per heavy atom. The molecule has 12 heavy (non-hydrogen) atoms. The third-order valence-corrected chi connectivity index (χ3v) is 7.24. The van der Waals surface area contributed by atoms with Gasteiger partial charge in [-0.15, -0.1) is 0 Å². The molecule has 0 aliphatic rings. The molecule has 0 atom stereocenters. The SMILES string of the molecule is CN(C)C(=O)[Se][Se]C(=O)N(C)C. The first-order valence-corrected chi connectivity index (χ1v) is 9.27. The molecule has 6 heteroatoms. The topological polar surface area (TPSA) is 40.6 Å². The van der Waals surface area contributed by atoms with Gasteiger partial charge in [0.15, 0.2) is 0 Å². The summed E-state index contributed by atoms with van der Waals surface area (Å²) in [6, 6.07) is 0. The Hall–Kier alpha value is -0.0210. The van der Waals surface area contributed by atoms with E-state index in [2.05, 4.69) is 0 Å². The van der Waals surface area contributed by atoms with Crippen LogP contribution < -0.4 is 0 Å². The predicted octanol–water partition coefficient (Wildman–Crippen LogP) is -0.327. The predicted molar refractivity (Wildman–Crippen MR) is 49.7 cm³/mol. The summed E-state index contributed by atoms with van der Waals surface area (Å²) >= 11 is -0.365. The van der Waals surface area contributed by atoms with Gasteiger partial charge in [0.05, 0.1) is 0 Å². The average molecular weight is 302 g/mol. The molecule has 70 valence electrons. The van der Waals surface area contributed by atoms with Crippen molar-refractivity contribution in [1.82, 2.24) is 9.80 Å². The van der Waals surface area contributed by atoms with Gasteiger partial charge in [0.2, 0.25) is 0 Å². The molecule has 0 radical (unpaired) electrons. The Bertz CT molecular complexity index is 162. The molecule has 2 amide bonds. The number of amides is 2. The van der Waals surface area contributed by atoms with Crippen molar-refractivity contribution in [2.45, 2.75) is 0 Å². The molecule has 0 saturated heterocycles. The van der Waals surface area contributed by atoms with Crippen molar-refractivity contribution in [1.29, 1.82) is 0 Å². The first kappa shape index (κ1) is 12.0. The Labute approximate surface area is 83.5 Å². The summed E-state index contributed by atoms with van der Waals surface area (Å²) in [5, 5.41) is 0. The van der Waals surface area contributed by atoms with Crippen LogP contribution in [0.3, 0.4) is 0 Å². The first-order chi connectivity index (χ1) is 5.45. The van der Waals surface area contributed by atoms with Gasteiger partial charge in [-0.05, 0) is 0 Å². The summed E-state index contributed by atoms with van der Waals surface area (Å²) in [7, 11) is 6.83. The van der Waals surface area contributed by atoms with Crippen LogP contribution in [0.25, 0.3) is 0 Å². The molecular weight excluding hydrogens is 290 g/mol. The number of carbonyl (C=O) groups excluding carboxylic acids is 2. The van der Waals surface area contributed by atoms with Gasteiger partial charge in [0.1, 0.15) is 0 Å². The summed E-state index contributed by atoms with van der Waals surface area (Å²) in [5.41, 5.74) is 0. The molecule has 0 aromatic carbocycles. The second kappa shape index (κ2) is 5.59. The Balaban J connectivity index is 3.69.